The Morgan fingerprint density at radius 2 is 2.19 bits per heavy atom. The minimum absolute atomic E-state index is 0.178. The van der Waals surface area contributed by atoms with Crippen molar-refractivity contribution in [1.82, 2.24) is 5.43 Å². The van der Waals surface area contributed by atoms with E-state index in [9.17, 15) is 9.70 Å². The second-order valence-corrected chi connectivity index (χ2v) is 7.76. The molecule has 134 valence electrons. The molecule has 1 N–H and O–H groups in total. The van der Waals surface area contributed by atoms with Gasteiger partial charge in [0, 0.05) is 31.5 Å². The van der Waals surface area contributed by atoms with Crippen molar-refractivity contribution < 1.29 is 14.4 Å². The highest BCUT2D eigenvalue weighted by atomic mass is 35.5. The second-order valence-electron chi connectivity index (χ2n) is 6.30. The standard InChI is InChI=1S/C19H18ClN2O3S/c1-2-25-19(23)13-8-7-12-15-10-22(24)21-9-14(18(15)26-17(12)13)11-5-3-4-6-16(11)20/h3-6,9,13H,2,7-8,10H2,1H3,(H,21,24)/q+1. The highest BCUT2D eigenvalue weighted by Gasteiger charge is 2.38. The molecular weight excluding hydrogens is 372 g/mol. The molecular formula is C19H18ClN2O3S+. The van der Waals surface area contributed by atoms with Crippen LogP contribution >= 0.6 is 22.9 Å². The zero-order valence-electron chi connectivity index (χ0n) is 14.3. The highest BCUT2D eigenvalue weighted by molar-refractivity contribution is 7.13. The Morgan fingerprint density at radius 1 is 1.38 bits per heavy atom. The molecule has 0 bridgehead atoms. The van der Waals surface area contributed by atoms with Gasteiger partial charge >= 0.3 is 5.97 Å². The molecule has 5 nitrogen and oxygen atoms in total. The largest absolute Gasteiger partial charge is 0.465 e. The lowest BCUT2D eigenvalue weighted by atomic mass is 10.00. The molecule has 0 amide bonds. The summed E-state index contributed by atoms with van der Waals surface area (Å²) in [5.74, 6) is -0.412. The maximum absolute atomic E-state index is 12.3. The number of hydrogen-bond acceptors (Lipinski definition) is 4. The summed E-state index contributed by atoms with van der Waals surface area (Å²) in [6.07, 6.45) is 3.23. The molecule has 2 heterocycles. The topological polar surface area (TPSA) is 58.4 Å². The van der Waals surface area contributed by atoms with Gasteiger partial charge in [-0.15, -0.1) is 16.8 Å². The molecule has 4 rings (SSSR count). The van der Waals surface area contributed by atoms with Gasteiger partial charge in [-0.2, -0.15) is 0 Å². The average molecular weight is 390 g/mol. The number of esters is 1. The second kappa shape index (κ2) is 6.85. The van der Waals surface area contributed by atoms with Crippen molar-refractivity contribution in [3.63, 3.8) is 0 Å². The molecule has 0 spiro atoms. The van der Waals surface area contributed by atoms with Gasteiger partial charge in [0.1, 0.15) is 4.87 Å². The van der Waals surface area contributed by atoms with Crippen LogP contribution in [0.25, 0.3) is 5.57 Å². The molecule has 1 aliphatic carbocycles. The van der Waals surface area contributed by atoms with Crippen LogP contribution in [0.3, 0.4) is 0 Å². The van der Waals surface area contributed by atoms with E-state index in [-0.39, 0.29) is 18.4 Å². The molecule has 0 saturated heterocycles. The van der Waals surface area contributed by atoms with Gasteiger partial charge in [0.05, 0.1) is 23.6 Å². The summed E-state index contributed by atoms with van der Waals surface area (Å²) in [7, 11) is 0. The van der Waals surface area contributed by atoms with Crippen LogP contribution in [0.15, 0.2) is 30.5 Å². The van der Waals surface area contributed by atoms with Crippen LogP contribution in [0.1, 0.15) is 45.7 Å². The van der Waals surface area contributed by atoms with E-state index in [0.717, 1.165) is 49.7 Å². The van der Waals surface area contributed by atoms with Crippen molar-refractivity contribution in [2.45, 2.75) is 32.2 Å². The number of ether oxygens (including phenoxy) is 1. The first-order valence-electron chi connectivity index (χ1n) is 8.57. The maximum atomic E-state index is 12.3. The summed E-state index contributed by atoms with van der Waals surface area (Å²) in [6.45, 7) is 2.43. The fourth-order valence-electron chi connectivity index (χ4n) is 3.62. The predicted molar refractivity (Wildman–Crippen MR) is 101 cm³/mol. The number of fused-ring (bicyclic) bond motifs is 3. The van der Waals surface area contributed by atoms with Crippen molar-refractivity contribution in [2.75, 3.05) is 6.61 Å². The van der Waals surface area contributed by atoms with Crippen LogP contribution < -0.4 is 5.43 Å². The molecule has 7 heteroatoms. The SMILES string of the molecule is CCOC(=O)C1CCc2c1sc1c2C[N+](=O)NC=C1c1ccccc1Cl. The van der Waals surface area contributed by atoms with Crippen molar-refractivity contribution in [3.05, 3.63) is 66.8 Å². The van der Waals surface area contributed by atoms with Crippen LogP contribution in [0.5, 0.6) is 0 Å². The minimum atomic E-state index is -0.234. The zero-order valence-corrected chi connectivity index (χ0v) is 15.8. The van der Waals surface area contributed by atoms with E-state index < -0.39 is 0 Å². The smallest absolute Gasteiger partial charge is 0.314 e. The summed E-state index contributed by atoms with van der Waals surface area (Å²) >= 11 is 7.98. The van der Waals surface area contributed by atoms with Crippen molar-refractivity contribution >= 4 is 34.5 Å². The van der Waals surface area contributed by atoms with Gasteiger partial charge in [0.25, 0.3) is 6.54 Å². The molecule has 2 aliphatic rings. The normalized spacial score (nSPS) is 18.5. The van der Waals surface area contributed by atoms with Crippen molar-refractivity contribution in [3.8, 4) is 0 Å². The van der Waals surface area contributed by atoms with Crippen LogP contribution in [-0.2, 0) is 22.5 Å². The molecule has 0 saturated carbocycles. The van der Waals surface area contributed by atoms with Gasteiger partial charge in [0.15, 0.2) is 0 Å². The fraction of sp³-hybridized carbons (Fsp3) is 0.316. The van der Waals surface area contributed by atoms with Crippen molar-refractivity contribution in [2.24, 2.45) is 0 Å². The number of hydrazine groups is 1. The Kier molecular flexibility index (Phi) is 4.54. The van der Waals surface area contributed by atoms with Crippen molar-refractivity contribution in [1.29, 1.82) is 0 Å². The number of carbonyl (C=O) groups is 1. The predicted octanol–water partition coefficient (Wildman–Crippen LogP) is 4.18. The third-order valence-corrected chi connectivity index (χ3v) is 6.53. The Hall–Kier alpha value is -2.18. The molecule has 1 aliphatic heterocycles. The molecule has 26 heavy (non-hydrogen) atoms. The van der Waals surface area contributed by atoms with Gasteiger partial charge in [-0.1, -0.05) is 29.8 Å². The number of nitrogens with one attached hydrogen (secondary N) is 1. The number of rotatable bonds is 3. The number of thiophene rings is 1. The van der Waals surface area contributed by atoms with Crippen LogP contribution in [0.2, 0.25) is 5.02 Å². The van der Waals surface area contributed by atoms with Crippen LogP contribution in [0, 0.1) is 4.91 Å². The van der Waals surface area contributed by atoms with E-state index in [1.165, 1.54) is 0 Å². The Labute approximate surface area is 160 Å². The maximum Gasteiger partial charge on any atom is 0.314 e. The lowest BCUT2D eigenvalue weighted by molar-refractivity contribution is -0.611. The first-order valence-corrected chi connectivity index (χ1v) is 9.77. The molecule has 1 aromatic heterocycles. The third-order valence-electron chi connectivity index (χ3n) is 4.78. The van der Waals surface area contributed by atoms with E-state index in [4.69, 9.17) is 16.3 Å². The van der Waals surface area contributed by atoms with Gasteiger partial charge < -0.3 is 4.74 Å². The molecule has 0 radical (unpaired) electrons. The molecule has 2 aromatic rings. The lowest BCUT2D eigenvalue weighted by Gasteiger charge is -2.09. The molecule has 1 unspecified atom stereocenters. The number of nitrogens with zero attached hydrogens (tertiary/aromatic N) is 1. The summed E-state index contributed by atoms with van der Waals surface area (Å²) < 4.78 is 5.24. The zero-order chi connectivity index (χ0) is 18.3. The minimum Gasteiger partial charge on any atom is -0.465 e. The van der Waals surface area contributed by atoms with E-state index in [1.54, 1.807) is 17.5 Å². The van der Waals surface area contributed by atoms with E-state index in [0.29, 0.717) is 11.6 Å². The van der Waals surface area contributed by atoms with E-state index in [2.05, 4.69) is 5.43 Å². The quantitative estimate of drug-likeness (QED) is 0.632. The number of carbonyl (C=O) groups excluding carboxylic acids is 1. The Bertz CT molecular complexity index is 935. The Balaban J connectivity index is 1.84. The number of nitroso groups, excluding NO2 is 1. The molecule has 1 aromatic carbocycles. The summed E-state index contributed by atoms with van der Waals surface area (Å²) in [5, 5.41) is 0.626. The number of halogens is 1. The van der Waals surface area contributed by atoms with E-state index in [1.807, 2.05) is 31.2 Å². The third kappa shape index (κ3) is 2.83. The molecule has 1 atom stereocenters. The van der Waals surface area contributed by atoms with Gasteiger partial charge in [-0.3, -0.25) is 4.79 Å². The molecule has 0 fully saturated rings. The number of hydrogen-bond donors (Lipinski definition) is 1. The first kappa shape index (κ1) is 17.2. The van der Waals surface area contributed by atoms with Crippen LogP contribution in [-0.4, -0.2) is 17.4 Å². The summed E-state index contributed by atoms with van der Waals surface area (Å²) in [4.78, 5) is 27.3. The van der Waals surface area contributed by atoms with Gasteiger partial charge in [-0.25, -0.2) is 0 Å². The monoisotopic (exact) mass is 389 g/mol. The number of benzene rings is 1. The summed E-state index contributed by atoms with van der Waals surface area (Å²) in [5.41, 5.74) is 6.62. The van der Waals surface area contributed by atoms with Gasteiger partial charge in [-0.05, 0) is 31.4 Å². The fourth-order valence-corrected chi connectivity index (χ4v) is 5.37. The van der Waals surface area contributed by atoms with Gasteiger partial charge in [0.2, 0.25) is 0 Å². The first-order chi connectivity index (χ1) is 12.6. The van der Waals surface area contributed by atoms with Crippen LogP contribution in [0.4, 0.5) is 0 Å². The highest BCUT2D eigenvalue weighted by Crippen LogP contribution is 2.47. The Morgan fingerprint density at radius 3 is 2.96 bits per heavy atom. The summed E-state index contributed by atoms with van der Waals surface area (Å²) in [6, 6.07) is 7.57. The lowest BCUT2D eigenvalue weighted by Crippen LogP contribution is -2.19. The van der Waals surface area contributed by atoms with E-state index >= 15 is 0 Å². The average Bonchev–Trinajstić information content (AvgIpc) is 3.13.